The molecule has 6 heteroatoms. The van der Waals surface area contributed by atoms with Gasteiger partial charge in [-0.15, -0.1) is 0 Å². The second kappa shape index (κ2) is 5.68. The molecule has 1 heterocycles. The Morgan fingerprint density at radius 1 is 1.26 bits per heavy atom. The first-order valence-corrected chi connectivity index (χ1v) is 6.90. The fourth-order valence-electron chi connectivity index (χ4n) is 1.54. The van der Waals surface area contributed by atoms with Crippen molar-refractivity contribution in [1.29, 1.82) is 0 Å². The molecule has 2 aromatic rings. The van der Waals surface area contributed by atoms with Gasteiger partial charge in [0.2, 0.25) is 0 Å². The lowest BCUT2D eigenvalue weighted by Gasteiger charge is -2.11. The smallest absolute Gasteiger partial charge is 0.136 e. The standard InChI is InChI=1S/C13H14FIN4/c1-7(2)13-18-11(16)6-12(19-13)17-10-4-3-8(14)5-9(10)15/h3-7H,1-2H3,(H3,16,17,18,19). The van der Waals surface area contributed by atoms with Crippen molar-refractivity contribution in [2.45, 2.75) is 19.8 Å². The van der Waals surface area contributed by atoms with E-state index in [0.717, 1.165) is 9.26 Å². The number of nitrogens with two attached hydrogens (primary N) is 1. The molecule has 19 heavy (non-hydrogen) atoms. The number of halogens is 2. The second-order valence-corrected chi connectivity index (χ2v) is 5.60. The third-order valence-corrected chi connectivity index (χ3v) is 3.37. The van der Waals surface area contributed by atoms with Gasteiger partial charge in [0.1, 0.15) is 23.3 Å². The Kier molecular flexibility index (Phi) is 4.18. The Hall–Kier alpha value is -1.44. The minimum absolute atomic E-state index is 0.191. The van der Waals surface area contributed by atoms with E-state index in [9.17, 15) is 4.39 Å². The zero-order valence-electron chi connectivity index (χ0n) is 10.6. The molecule has 0 spiro atoms. The van der Waals surface area contributed by atoms with Crippen LogP contribution in [0.2, 0.25) is 0 Å². The van der Waals surface area contributed by atoms with Gasteiger partial charge in [-0.2, -0.15) is 0 Å². The molecule has 0 saturated carbocycles. The lowest BCUT2D eigenvalue weighted by atomic mass is 10.2. The van der Waals surface area contributed by atoms with E-state index in [2.05, 4.69) is 37.9 Å². The molecule has 0 aliphatic carbocycles. The maximum absolute atomic E-state index is 13.0. The fourth-order valence-corrected chi connectivity index (χ4v) is 2.15. The third-order valence-electron chi connectivity index (χ3n) is 2.47. The Morgan fingerprint density at radius 2 is 2.00 bits per heavy atom. The molecular weight excluding hydrogens is 358 g/mol. The number of nitrogens with zero attached hydrogens (tertiary/aromatic N) is 2. The molecule has 0 bridgehead atoms. The van der Waals surface area contributed by atoms with E-state index in [1.807, 2.05) is 13.8 Å². The zero-order valence-corrected chi connectivity index (χ0v) is 12.8. The summed E-state index contributed by atoms with van der Waals surface area (Å²) < 4.78 is 13.8. The van der Waals surface area contributed by atoms with Crippen molar-refractivity contribution in [2.24, 2.45) is 0 Å². The number of anilines is 3. The van der Waals surface area contributed by atoms with Gasteiger partial charge in [-0.05, 0) is 40.8 Å². The van der Waals surface area contributed by atoms with Gasteiger partial charge in [0.25, 0.3) is 0 Å². The van der Waals surface area contributed by atoms with Crippen LogP contribution in [-0.4, -0.2) is 9.97 Å². The third kappa shape index (κ3) is 3.52. The first kappa shape index (κ1) is 14.0. The van der Waals surface area contributed by atoms with Gasteiger partial charge in [-0.1, -0.05) is 13.8 Å². The molecular formula is C13H14FIN4. The minimum Gasteiger partial charge on any atom is -0.384 e. The van der Waals surface area contributed by atoms with Crippen LogP contribution in [0.4, 0.5) is 21.7 Å². The Balaban J connectivity index is 2.32. The van der Waals surface area contributed by atoms with Crippen molar-refractivity contribution in [2.75, 3.05) is 11.1 Å². The average Bonchev–Trinajstić information content (AvgIpc) is 2.32. The van der Waals surface area contributed by atoms with Gasteiger partial charge in [0, 0.05) is 15.6 Å². The number of benzene rings is 1. The van der Waals surface area contributed by atoms with E-state index in [-0.39, 0.29) is 11.7 Å². The van der Waals surface area contributed by atoms with Gasteiger partial charge in [0.15, 0.2) is 0 Å². The molecule has 0 atom stereocenters. The minimum atomic E-state index is -0.264. The number of nitrogen functional groups attached to an aromatic ring is 1. The van der Waals surface area contributed by atoms with Crippen LogP contribution in [0.5, 0.6) is 0 Å². The number of aromatic nitrogens is 2. The number of hydrogen-bond acceptors (Lipinski definition) is 4. The lowest BCUT2D eigenvalue weighted by molar-refractivity contribution is 0.627. The predicted octanol–water partition coefficient (Wildman–Crippen LogP) is 3.67. The zero-order chi connectivity index (χ0) is 14.0. The van der Waals surface area contributed by atoms with Crippen LogP contribution in [0.25, 0.3) is 0 Å². The van der Waals surface area contributed by atoms with E-state index in [4.69, 9.17) is 5.73 Å². The summed E-state index contributed by atoms with van der Waals surface area (Å²) in [5.74, 6) is 1.63. The van der Waals surface area contributed by atoms with E-state index in [0.29, 0.717) is 17.5 Å². The summed E-state index contributed by atoms with van der Waals surface area (Å²) in [6, 6.07) is 6.19. The topological polar surface area (TPSA) is 63.8 Å². The molecule has 1 aromatic heterocycles. The van der Waals surface area contributed by atoms with E-state index in [1.54, 1.807) is 12.1 Å². The van der Waals surface area contributed by atoms with E-state index < -0.39 is 0 Å². The van der Waals surface area contributed by atoms with Crippen molar-refractivity contribution < 1.29 is 4.39 Å². The molecule has 0 saturated heterocycles. The summed E-state index contributed by atoms with van der Waals surface area (Å²) >= 11 is 2.07. The van der Waals surface area contributed by atoms with Crippen LogP contribution in [0.3, 0.4) is 0 Å². The van der Waals surface area contributed by atoms with Crippen molar-refractivity contribution in [3.8, 4) is 0 Å². The maximum Gasteiger partial charge on any atom is 0.136 e. The van der Waals surface area contributed by atoms with Gasteiger partial charge in [-0.25, -0.2) is 14.4 Å². The molecule has 100 valence electrons. The Bertz CT molecular complexity index is 601. The Morgan fingerprint density at radius 3 is 2.63 bits per heavy atom. The normalized spacial score (nSPS) is 10.8. The van der Waals surface area contributed by atoms with Crippen LogP contribution < -0.4 is 11.1 Å². The average molecular weight is 372 g/mol. The van der Waals surface area contributed by atoms with Crippen molar-refractivity contribution in [1.82, 2.24) is 9.97 Å². The maximum atomic E-state index is 13.0. The highest BCUT2D eigenvalue weighted by Gasteiger charge is 2.08. The van der Waals surface area contributed by atoms with Gasteiger partial charge < -0.3 is 11.1 Å². The molecule has 1 aromatic carbocycles. The van der Waals surface area contributed by atoms with Crippen molar-refractivity contribution in [3.63, 3.8) is 0 Å². The first-order chi connectivity index (χ1) is 8.95. The van der Waals surface area contributed by atoms with Crippen LogP contribution in [-0.2, 0) is 0 Å². The number of nitrogens with one attached hydrogen (secondary N) is 1. The quantitative estimate of drug-likeness (QED) is 0.808. The van der Waals surface area contributed by atoms with Crippen LogP contribution in [0.1, 0.15) is 25.6 Å². The molecule has 0 aliphatic rings. The van der Waals surface area contributed by atoms with E-state index >= 15 is 0 Å². The number of rotatable bonds is 3. The summed E-state index contributed by atoms with van der Waals surface area (Å²) in [4.78, 5) is 8.57. The molecule has 2 rings (SSSR count). The van der Waals surface area contributed by atoms with Gasteiger partial charge >= 0.3 is 0 Å². The van der Waals surface area contributed by atoms with Crippen LogP contribution in [0, 0.1) is 9.39 Å². The predicted molar refractivity (Wildman–Crippen MR) is 82.9 cm³/mol. The first-order valence-electron chi connectivity index (χ1n) is 5.82. The largest absolute Gasteiger partial charge is 0.384 e. The van der Waals surface area contributed by atoms with Crippen LogP contribution >= 0.6 is 22.6 Å². The second-order valence-electron chi connectivity index (χ2n) is 4.44. The summed E-state index contributed by atoms with van der Waals surface area (Å²) in [5, 5.41) is 3.13. The lowest BCUT2D eigenvalue weighted by Crippen LogP contribution is -2.05. The molecule has 0 radical (unpaired) electrons. The van der Waals surface area contributed by atoms with Crippen molar-refractivity contribution >= 4 is 39.9 Å². The highest BCUT2D eigenvalue weighted by atomic mass is 127. The van der Waals surface area contributed by atoms with Gasteiger partial charge in [-0.3, -0.25) is 0 Å². The highest BCUT2D eigenvalue weighted by Crippen LogP contribution is 2.24. The van der Waals surface area contributed by atoms with Gasteiger partial charge in [0.05, 0.1) is 5.69 Å². The number of hydrogen-bond donors (Lipinski definition) is 2. The molecule has 0 aliphatic heterocycles. The molecule has 0 unspecified atom stereocenters. The van der Waals surface area contributed by atoms with Crippen LogP contribution in [0.15, 0.2) is 24.3 Å². The summed E-state index contributed by atoms with van der Waals surface area (Å²) in [7, 11) is 0. The fraction of sp³-hybridized carbons (Fsp3) is 0.231. The van der Waals surface area contributed by atoms with Crippen molar-refractivity contribution in [3.05, 3.63) is 39.5 Å². The molecule has 0 fully saturated rings. The van der Waals surface area contributed by atoms with E-state index in [1.165, 1.54) is 12.1 Å². The summed E-state index contributed by atoms with van der Waals surface area (Å²) in [6.45, 7) is 4.00. The monoisotopic (exact) mass is 372 g/mol. The summed E-state index contributed by atoms with van der Waals surface area (Å²) in [5.41, 5.74) is 6.55. The highest BCUT2D eigenvalue weighted by molar-refractivity contribution is 14.1. The molecule has 4 nitrogen and oxygen atoms in total. The SMILES string of the molecule is CC(C)c1nc(N)cc(Nc2ccc(F)cc2I)n1. The molecule has 3 N–H and O–H groups in total. The molecule has 0 amide bonds. The Labute approximate surface area is 124 Å². The summed E-state index contributed by atoms with van der Waals surface area (Å²) in [6.07, 6.45) is 0.